The molecule has 2 atom stereocenters. The van der Waals surface area contributed by atoms with Gasteiger partial charge in [-0.15, -0.1) is 0 Å². The number of carbonyl (C=O) groups excluding carboxylic acids is 1. The topological polar surface area (TPSA) is 53.3 Å². The van der Waals surface area contributed by atoms with Gasteiger partial charge in [-0.3, -0.25) is 0 Å². The third-order valence-corrected chi connectivity index (χ3v) is 4.92. The van der Waals surface area contributed by atoms with Gasteiger partial charge in [0.1, 0.15) is 5.60 Å². The first-order valence-corrected chi connectivity index (χ1v) is 8.74. The summed E-state index contributed by atoms with van der Waals surface area (Å²) in [5.41, 5.74) is -0.459. The molecule has 0 spiro atoms. The first-order chi connectivity index (χ1) is 10.4. The second-order valence-corrected chi connectivity index (χ2v) is 8.01. The molecule has 0 aromatic carbocycles. The van der Waals surface area contributed by atoms with E-state index in [4.69, 9.17) is 10.00 Å². The number of nitrogens with zero attached hydrogens (tertiary/aromatic N) is 2. The highest BCUT2D eigenvalue weighted by Gasteiger charge is 2.36. The molecule has 22 heavy (non-hydrogen) atoms. The van der Waals surface area contributed by atoms with Gasteiger partial charge in [0, 0.05) is 19.5 Å². The van der Waals surface area contributed by atoms with Crippen LogP contribution < -0.4 is 0 Å². The lowest BCUT2D eigenvalue weighted by atomic mass is 9.74. The van der Waals surface area contributed by atoms with Gasteiger partial charge in [-0.05, 0) is 44.9 Å². The van der Waals surface area contributed by atoms with E-state index in [2.05, 4.69) is 6.07 Å². The van der Waals surface area contributed by atoms with E-state index in [9.17, 15) is 4.79 Å². The van der Waals surface area contributed by atoms with Crippen LogP contribution in [0.2, 0.25) is 0 Å². The van der Waals surface area contributed by atoms with Crippen molar-refractivity contribution in [3.8, 4) is 6.07 Å². The first-order valence-electron chi connectivity index (χ1n) is 8.74. The van der Waals surface area contributed by atoms with Gasteiger partial charge in [0.15, 0.2) is 0 Å². The third kappa shape index (κ3) is 4.90. The van der Waals surface area contributed by atoms with Crippen molar-refractivity contribution in [3.05, 3.63) is 0 Å². The molecule has 1 amide bonds. The molecule has 2 aliphatic rings. The Labute approximate surface area is 134 Å². The van der Waals surface area contributed by atoms with Gasteiger partial charge < -0.3 is 9.64 Å². The highest BCUT2D eigenvalue weighted by molar-refractivity contribution is 5.68. The summed E-state index contributed by atoms with van der Waals surface area (Å²) < 4.78 is 5.54. The average molecular weight is 306 g/mol. The van der Waals surface area contributed by atoms with Gasteiger partial charge >= 0.3 is 6.09 Å². The predicted octanol–water partition coefficient (Wildman–Crippen LogP) is 4.35. The molecule has 2 rings (SSSR count). The maximum atomic E-state index is 12.4. The molecule has 1 aliphatic heterocycles. The number of nitriles is 1. The van der Waals surface area contributed by atoms with Crippen LogP contribution in [-0.2, 0) is 4.74 Å². The molecule has 0 radical (unpaired) electrons. The summed E-state index contributed by atoms with van der Waals surface area (Å²) in [7, 11) is 0. The van der Waals surface area contributed by atoms with Crippen LogP contribution in [0.1, 0.15) is 65.7 Å². The van der Waals surface area contributed by atoms with Gasteiger partial charge in [-0.1, -0.05) is 32.1 Å². The Balaban J connectivity index is 2.02. The van der Waals surface area contributed by atoms with Crippen molar-refractivity contribution in [2.75, 3.05) is 13.1 Å². The summed E-state index contributed by atoms with van der Waals surface area (Å²) in [4.78, 5) is 14.3. The lowest BCUT2D eigenvalue weighted by Gasteiger charge is -2.41. The van der Waals surface area contributed by atoms with Crippen LogP contribution in [0.3, 0.4) is 0 Å². The first kappa shape index (κ1) is 17.1. The van der Waals surface area contributed by atoms with E-state index in [0.717, 1.165) is 18.9 Å². The molecule has 1 heterocycles. The Kier molecular flexibility index (Phi) is 5.72. The van der Waals surface area contributed by atoms with E-state index in [-0.39, 0.29) is 6.09 Å². The highest BCUT2D eigenvalue weighted by Crippen LogP contribution is 2.37. The van der Waals surface area contributed by atoms with Crippen molar-refractivity contribution >= 4 is 6.09 Å². The van der Waals surface area contributed by atoms with E-state index < -0.39 is 5.60 Å². The Morgan fingerprint density at radius 1 is 1.18 bits per heavy atom. The van der Waals surface area contributed by atoms with Crippen molar-refractivity contribution in [2.24, 2.45) is 17.8 Å². The SMILES string of the molecule is CC(C)(C)OC(=O)N1CC(CC#N)CC(C2CCCCC2)C1. The lowest BCUT2D eigenvalue weighted by molar-refractivity contribution is 0.00286. The standard InChI is InChI=1S/C18H30N2O2/c1-18(2,3)22-17(21)20-12-14(9-10-19)11-16(13-20)15-7-5-4-6-8-15/h14-16H,4-9,11-13H2,1-3H3. The van der Waals surface area contributed by atoms with E-state index in [0.29, 0.717) is 24.8 Å². The zero-order chi connectivity index (χ0) is 16.2. The Morgan fingerprint density at radius 3 is 2.45 bits per heavy atom. The van der Waals surface area contributed by atoms with Crippen molar-refractivity contribution in [1.82, 2.24) is 4.90 Å². The fraction of sp³-hybridized carbons (Fsp3) is 0.889. The van der Waals surface area contributed by atoms with Crippen molar-refractivity contribution in [2.45, 2.75) is 71.3 Å². The Bertz CT molecular complexity index is 416. The molecule has 124 valence electrons. The van der Waals surface area contributed by atoms with E-state index in [1.807, 2.05) is 25.7 Å². The molecular formula is C18H30N2O2. The number of amides is 1. The van der Waals surface area contributed by atoms with E-state index in [1.54, 1.807) is 0 Å². The van der Waals surface area contributed by atoms with Gasteiger partial charge in [0.2, 0.25) is 0 Å². The lowest BCUT2D eigenvalue weighted by Crippen LogP contribution is -2.47. The quantitative estimate of drug-likeness (QED) is 0.762. The van der Waals surface area contributed by atoms with Gasteiger partial charge in [-0.2, -0.15) is 5.26 Å². The molecule has 1 saturated heterocycles. The fourth-order valence-corrected chi connectivity index (χ4v) is 3.95. The fourth-order valence-electron chi connectivity index (χ4n) is 3.95. The molecule has 0 aromatic rings. The van der Waals surface area contributed by atoms with Crippen LogP contribution in [0.25, 0.3) is 0 Å². The van der Waals surface area contributed by atoms with E-state index in [1.165, 1.54) is 32.1 Å². The van der Waals surface area contributed by atoms with Crippen molar-refractivity contribution in [1.29, 1.82) is 5.26 Å². The third-order valence-electron chi connectivity index (χ3n) is 4.92. The Morgan fingerprint density at radius 2 is 1.86 bits per heavy atom. The molecule has 0 bridgehead atoms. The monoisotopic (exact) mass is 306 g/mol. The zero-order valence-electron chi connectivity index (χ0n) is 14.3. The molecule has 0 aromatic heterocycles. The van der Waals surface area contributed by atoms with Crippen LogP contribution in [-0.4, -0.2) is 29.7 Å². The summed E-state index contributed by atoms with van der Waals surface area (Å²) in [6.07, 6.45) is 7.97. The number of likely N-dealkylation sites (tertiary alicyclic amines) is 1. The molecule has 1 aliphatic carbocycles. The number of piperidine rings is 1. The normalized spacial score (nSPS) is 27.3. The number of hydrogen-bond donors (Lipinski definition) is 0. The van der Waals surface area contributed by atoms with Crippen LogP contribution in [0.5, 0.6) is 0 Å². The van der Waals surface area contributed by atoms with Gasteiger partial charge in [-0.25, -0.2) is 4.79 Å². The summed E-state index contributed by atoms with van der Waals surface area (Å²) in [5.74, 6) is 1.57. The molecule has 4 heteroatoms. The summed E-state index contributed by atoms with van der Waals surface area (Å²) in [5, 5.41) is 9.04. The van der Waals surface area contributed by atoms with Crippen LogP contribution in [0.4, 0.5) is 4.79 Å². The summed E-state index contributed by atoms with van der Waals surface area (Å²) >= 11 is 0. The number of rotatable bonds is 2. The minimum atomic E-state index is -0.459. The minimum absolute atomic E-state index is 0.212. The molecule has 0 N–H and O–H groups in total. The molecule has 1 saturated carbocycles. The van der Waals surface area contributed by atoms with Crippen LogP contribution >= 0.6 is 0 Å². The molecule has 2 unspecified atom stereocenters. The predicted molar refractivity (Wildman–Crippen MR) is 86.2 cm³/mol. The Hall–Kier alpha value is -1.24. The van der Waals surface area contributed by atoms with Crippen LogP contribution in [0, 0.1) is 29.1 Å². The minimum Gasteiger partial charge on any atom is -0.444 e. The smallest absolute Gasteiger partial charge is 0.410 e. The van der Waals surface area contributed by atoms with Crippen LogP contribution in [0.15, 0.2) is 0 Å². The number of ether oxygens (including phenoxy) is 1. The van der Waals surface area contributed by atoms with Gasteiger partial charge in [0.05, 0.1) is 6.07 Å². The van der Waals surface area contributed by atoms with Crippen molar-refractivity contribution < 1.29 is 9.53 Å². The zero-order valence-corrected chi connectivity index (χ0v) is 14.3. The highest BCUT2D eigenvalue weighted by atomic mass is 16.6. The second-order valence-electron chi connectivity index (χ2n) is 8.01. The maximum Gasteiger partial charge on any atom is 0.410 e. The average Bonchev–Trinajstić information content (AvgIpc) is 2.46. The number of carbonyl (C=O) groups is 1. The summed E-state index contributed by atoms with van der Waals surface area (Å²) in [6, 6.07) is 2.29. The largest absolute Gasteiger partial charge is 0.444 e. The second kappa shape index (κ2) is 7.35. The maximum absolute atomic E-state index is 12.4. The number of hydrogen-bond acceptors (Lipinski definition) is 3. The van der Waals surface area contributed by atoms with E-state index >= 15 is 0 Å². The van der Waals surface area contributed by atoms with Gasteiger partial charge in [0.25, 0.3) is 0 Å². The molecular weight excluding hydrogens is 276 g/mol. The molecule has 2 fully saturated rings. The summed E-state index contributed by atoms with van der Waals surface area (Å²) in [6.45, 7) is 7.19. The van der Waals surface area contributed by atoms with Crippen molar-refractivity contribution in [3.63, 3.8) is 0 Å². The molecule has 4 nitrogen and oxygen atoms in total.